The molecule has 7 nitrogen and oxygen atoms in total. The van der Waals surface area contributed by atoms with Gasteiger partial charge in [0, 0.05) is 40.8 Å². The summed E-state index contributed by atoms with van der Waals surface area (Å²) < 4.78 is 28.2. The first-order chi connectivity index (χ1) is 16.3. The first-order valence-corrected chi connectivity index (χ1v) is 13.5. The topological polar surface area (TPSA) is 88.9 Å². The minimum absolute atomic E-state index is 0.333. The molecule has 0 saturated carbocycles. The zero-order valence-corrected chi connectivity index (χ0v) is 20.9. The fourth-order valence-electron chi connectivity index (χ4n) is 4.29. The highest BCUT2D eigenvalue weighted by molar-refractivity contribution is 7.99. The van der Waals surface area contributed by atoms with Crippen molar-refractivity contribution in [2.75, 3.05) is 13.1 Å². The maximum Gasteiger partial charge on any atom is 0.243 e. The molecule has 3 heterocycles. The van der Waals surface area contributed by atoms with E-state index in [0.717, 1.165) is 46.1 Å². The molecule has 0 amide bonds. The van der Waals surface area contributed by atoms with Crippen molar-refractivity contribution in [2.45, 2.75) is 48.7 Å². The number of aromatic nitrogens is 4. The Labute approximate surface area is 203 Å². The SMILES string of the molecule is Cc1cc(C)nc(Sc2nnc(-c3ccc(C)c(S(=O)(=O)N4CCCC4)c3)c3ccccc23)n1. The number of benzene rings is 2. The molecule has 9 heteroatoms. The van der Waals surface area contributed by atoms with Crippen molar-refractivity contribution in [3.05, 3.63) is 65.5 Å². The van der Waals surface area contributed by atoms with E-state index in [0.29, 0.717) is 33.9 Å². The van der Waals surface area contributed by atoms with Gasteiger partial charge in [-0.25, -0.2) is 18.4 Å². The molecule has 0 atom stereocenters. The Morgan fingerprint density at radius 2 is 1.53 bits per heavy atom. The van der Waals surface area contributed by atoms with E-state index < -0.39 is 10.0 Å². The molecule has 0 N–H and O–H groups in total. The third-order valence-corrected chi connectivity index (χ3v) is 8.85. The van der Waals surface area contributed by atoms with Gasteiger partial charge in [0.05, 0.1) is 4.90 Å². The smallest absolute Gasteiger partial charge is 0.228 e. The van der Waals surface area contributed by atoms with Crippen molar-refractivity contribution < 1.29 is 8.42 Å². The van der Waals surface area contributed by atoms with E-state index in [1.54, 1.807) is 10.4 Å². The van der Waals surface area contributed by atoms with Gasteiger partial charge in [0.25, 0.3) is 0 Å². The Morgan fingerprint density at radius 3 is 2.24 bits per heavy atom. The molecule has 0 aliphatic carbocycles. The molecule has 5 rings (SSSR count). The Bertz CT molecular complexity index is 1480. The lowest BCUT2D eigenvalue weighted by molar-refractivity contribution is 0.477. The van der Waals surface area contributed by atoms with Crippen LogP contribution < -0.4 is 0 Å². The van der Waals surface area contributed by atoms with E-state index in [1.807, 2.05) is 63.2 Å². The number of aryl methyl sites for hydroxylation is 3. The van der Waals surface area contributed by atoms with E-state index in [-0.39, 0.29) is 0 Å². The van der Waals surface area contributed by atoms with Crippen LogP contribution in [0, 0.1) is 20.8 Å². The zero-order valence-electron chi connectivity index (χ0n) is 19.3. The van der Waals surface area contributed by atoms with Gasteiger partial charge in [-0.05, 0) is 63.1 Å². The number of sulfonamides is 1. The molecule has 0 unspecified atom stereocenters. The number of rotatable bonds is 5. The summed E-state index contributed by atoms with van der Waals surface area (Å²) in [6.45, 7) is 6.86. The van der Waals surface area contributed by atoms with Crippen LogP contribution in [0.4, 0.5) is 0 Å². The van der Waals surface area contributed by atoms with Gasteiger partial charge in [-0.3, -0.25) is 0 Å². The van der Waals surface area contributed by atoms with Crippen LogP contribution in [-0.4, -0.2) is 46.0 Å². The maximum atomic E-state index is 13.3. The third kappa shape index (κ3) is 4.31. The highest BCUT2D eigenvalue weighted by Crippen LogP contribution is 2.35. The largest absolute Gasteiger partial charge is 0.243 e. The lowest BCUT2D eigenvalue weighted by atomic mass is 10.0. The molecule has 4 aromatic rings. The molecule has 1 aliphatic heterocycles. The summed E-state index contributed by atoms with van der Waals surface area (Å²) in [5, 5.41) is 12.2. The van der Waals surface area contributed by atoms with Crippen molar-refractivity contribution in [1.29, 1.82) is 0 Å². The van der Waals surface area contributed by atoms with E-state index >= 15 is 0 Å². The number of hydrogen-bond acceptors (Lipinski definition) is 7. The predicted molar refractivity (Wildman–Crippen MR) is 133 cm³/mol. The molecule has 0 bridgehead atoms. The minimum Gasteiger partial charge on any atom is -0.228 e. The number of hydrogen-bond donors (Lipinski definition) is 0. The van der Waals surface area contributed by atoms with Crippen LogP contribution in [0.2, 0.25) is 0 Å². The highest BCUT2D eigenvalue weighted by atomic mass is 32.2. The van der Waals surface area contributed by atoms with Gasteiger partial charge in [0.2, 0.25) is 10.0 Å². The Morgan fingerprint density at radius 1 is 0.853 bits per heavy atom. The minimum atomic E-state index is -3.55. The Kier molecular flexibility index (Phi) is 6.09. The Hall–Kier alpha value is -2.88. The molecular weight excluding hydrogens is 466 g/mol. The van der Waals surface area contributed by atoms with E-state index in [2.05, 4.69) is 20.2 Å². The summed E-state index contributed by atoms with van der Waals surface area (Å²) in [6.07, 6.45) is 1.80. The molecule has 174 valence electrons. The molecule has 0 spiro atoms. The third-order valence-electron chi connectivity index (χ3n) is 5.95. The van der Waals surface area contributed by atoms with Gasteiger partial charge in [0.15, 0.2) is 5.16 Å². The van der Waals surface area contributed by atoms with Gasteiger partial charge in [-0.1, -0.05) is 36.4 Å². The summed E-state index contributed by atoms with van der Waals surface area (Å²) in [5.74, 6) is 0. The normalized spacial score (nSPS) is 14.7. The van der Waals surface area contributed by atoms with Crippen LogP contribution in [0.1, 0.15) is 29.8 Å². The maximum absolute atomic E-state index is 13.3. The molecule has 1 fully saturated rings. The Balaban J connectivity index is 1.60. The fourth-order valence-corrected chi connectivity index (χ4v) is 6.98. The van der Waals surface area contributed by atoms with Crippen LogP contribution in [0.15, 0.2) is 63.6 Å². The number of nitrogens with zero attached hydrogens (tertiary/aromatic N) is 5. The van der Waals surface area contributed by atoms with Crippen LogP contribution in [-0.2, 0) is 10.0 Å². The quantitative estimate of drug-likeness (QED) is 0.365. The van der Waals surface area contributed by atoms with E-state index in [4.69, 9.17) is 0 Å². The molecule has 34 heavy (non-hydrogen) atoms. The molecule has 2 aromatic carbocycles. The summed E-state index contributed by atoms with van der Waals surface area (Å²) in [5.41, 5.74) is 3.91. The summed E-state index contributed by atoms with van der Waals surface area (Å²) in [6, 6.07) is 15.3. The lowest BCUT2D eigenvalue weighted by Gasteiger charge is -2.18. The first kappa shape index (κ1) is 22.9. The van der Waals surface area contributed by atoms with Crippen molar-refractivity contribution in [3.8, 4) is 11.3 Å². The lowest BCUT2D eigenvalue weighted by Crippen LogP contribution is -2.28. The zero-order chi connectivity index (χ0) is 23.9. The van der Waals surface area contributed by atoms with Crippen molar-refractivity contribution in [1.82, 2.24) is 24.5 Å². The average Bonchev–Trinajstić information content (AvgIpc) is 3.35. The van der Waals surface area contributed by atoms with Crippen LogP contribution in [0.25, 0.3) is 22.0 Å². The van der Waals surface area contributed by atoms with Crippen molar-refractivity contribution in [3.63, 3.8) is 0 Å². The van der Waals surface area contributed by atoms with Crippen LogP contribution >= 0.6 is 11.8 Å². The monoisotopic (exact) mass is 491 g/mol. The van der Waals surface area contributed by atoms with Gasteiger partial charge < -0.3 is 0 Å². The van der Waals surface area contributed by atoms with Gasteiger partial charge >= 0.3 is 0 Å². The standard InChI is InChI=1S/C25H25N5O2S2/c1-16-10-11-19(15-22(16)34(31,32)30-12-6-7-13-30)23-20-8-4-5-9-21(20)24(29-28-23)33-25-26-17(2)14-18(3)27-25/h4-5,8-11,14-15H,6-7,12-13H2,1-3H3. The molecule has 2 aromatic heterocycles. The first-order valence-electron chi connectivity index (χ1n) is 11.2. The van der Waals surface area contributed by atoms with Crippen LogP contribution in [0.5, 0.6) is 0 Å². The van der Waals surface area contributed by atoms with Gasteiger partial charge in [0.1, 0.15) is 10.7 Å². The van der Waals surface area contributed by atoms with Crippen molar-refractivity contribution in [2.24, 2.45) is 0 Å². The van der Waals surface area contributed by atoms with Gasteiger partial charge in [-0.2, -0.15) is 4.31 Å². The number of fused-ring (bicyclic) bond motifs is 1. The molecular formula is C25H25N5O2S2. The van der Waals surface area contributed by atoms with Crippen LogP contribution in [0.3, 0.4) is 0 Å². The fraction of sp³-hybridized carbons (Fsp3) is 0.280. The highest BCUT2D eigenvalue weighted by Gasteiger charge is 2.29. The van der Waals surface area contributed by atoms with E-state index in [1.165, 1.54) is 11.8 Å². The summed E-state index contributed by atoms with van der Waals surface area (Å²) in [7, 11) is -3.55. The summed E-state index contributed by atoms with van der Waals surface area (Å²) in [4.78, 5) is 9.36. The molecule has 0 radical (unpaired) electrons. The molecule has 1 aliphatic rings. The second kappa shape index (κ2) is 9.05. The van der Waals surface area contributed by atoms with E-state index in [9.17, 15) is 8.42 Å². The molecule has 1 saturated heterocycles. The second-order valence-corrected chi connectivity index (χ2v) is 11.4. The summed E-state index contributed by atoms with van der Waals surface area (Å²) >= 11 is 1.38. The van der Waals surface area contributed by atoms with Gasteiger partial charge in [-0.15, -0.1) is 10.2 Å². The average molecular weight is 492 g/mol. The van der Waals surface area contributed by atoms with Crippen molar-refractivity contribution >= 4 is 32.6 Å². The second-order valence-electron chi connectivity index (χ2n) is 8.53. The predicted octanol–water partition coefficient (Wildman–Crippen LogP) is 4.95.